The fourth-order valence-corrected chi connectivity index (χ4v) is 3.09. The molecular weight excluding hydrogens is 270 g/mol. The van der Waals surface area contributed by atoms with Crippen LogP contribution in [0.2, 0.25) is 0 Å². The lowest BCUT2D eigenvalue weighted by molar-refractivity contribution is 0.313. The minimum atomic E-state index is 0. The molecule has 0 saturated carbocycles. The molecule has 3 N–H and O–H groups in total. The van der Waals surface area contributed by atoms with E-state index < -0.39 is 0 Å². The van der Waals surface area contributed by atoms with E-state index in [1.165, 1.54) is 51.9 Å². The SMILES string of the molecule is C.CC(C)C1CCCCCNC1.CC(C)C1CNCCNC1. The maximum Gasteiger partial charge on any atom is 0.00768 e. The summed E-state index contributed by atoms with van der Waals surface area (Å²) in [6.07, 6.45) is 5.69. The molecule has 0 aromatic carbocycles. The summed E-state index contributed by atoms with van der Waals surface area (Å²) in [5.41, 5.74) is 0. The molecule has 1 unspecified atom stereocenters. The first kappa shape index (κ1) is 21.9. The molecule has 2 rings (SSSR count). The van der Waals surface area contributed by atoms with E-state index in [2.05, 4.69) is 43.6 Å². The van der Waals surface area contributed by atoms with Gasteiger partial charge in [0.15, 0.2) is 0 Å². The van der Waals surface area contributed by atoms with E-state index in [0.29, 0.717) is 0 Å². The number of nitrogens with one attached hydrogen (secondary N) is 3. The summed E-state index contributed by atoms with van der Waals surface area (Å²) < 4.78 is 0. The van der Waals surface area contributed by atoms with E-state index in [9.17, 15) is 0 Å². The second-order valence-electron chi connectivity index (χ2n) is 7.47. The smallest absolute Gasteiger partial charge is 0.00768 e. The van der Waals surface area contributed by atoms with E-state index in [4.69, 9.17) is 0 Å². The second-order valence-corrected chi connectivity index (χ2v) is 7.47. The van der Waals surface area contributed by atoms with Crippen LogP contribution < -0.4 is 16.0 Å². The first-order valence-electron chi connectivity index (χ1n) is 9.23. The fourth-order valence-electron chi connectivity index (χ4n) is 3.09. The van der Waals surface area contributed by atoms with Gasteiger partial charge in [0.05, 0.1) is 0 Å². The van der Waals surface area contributed by atoms with Gasteiger partial charge < -0.3 is 16.0 Å². The maximum atomic E-state index is 3.52. The molecule has 0 amide bonds. The van der Waals surface area contributed by atoms with Crippen molar-refractivity contribution in [1.82, 2.24) is 16.0 Å². The third kappa shape index (κ3) is 9.81. The summed E-state index contributed by atoms with van der Waals surface area (Å²) in [6.45, 7) is 16.4. The Morgan fingerprint density at radius 3 is 1.68 bits per heavy atom. The quantitative estimate of drug-likeness (QED) is 0.730. The molecule has 0 spiro atoms. The summed E-state index contributed by atoms with van der Waals surface area (Å²) >= 11 is 0. The second kappa shape index (κ2) is 13.3. The lowest BCUT2D eigenvalue weighted by Crippen LogP contribution is -2.28. The van der Waals surface area contributed by atoms with E-state index in [1.54, 1.807) is 0 Å². The van der Waals surface area contributed by atoms with E-state index in [0.717, 1.165) is 36.8 Å². The molecule has 0 bridgehead atoms. The molecule has 0 aromatic rings. The average molecular weight is 314 g/mol. The lowest BCUT2D eigenvalue weighted by Gasteiger charge is -2.23. The largest absolute Gasteiger partial charge is 0.316 e. The van der Waals surface area contributed by atoms with Gasteiger partial charge in [0.2, 0.25) is 0 Å². The number of rotatable bonds is 2. The van der Waals surface area contributed by atoms with Crippen LogP contribution in [0.4, 0.5) is 0 Å². The van der Waals surface area contributed by atoms with Crippen LogP contribution in [0.25, 0.3) is 0 Å². The lowest BCUT2D eigenvalue weighted by atomic mass is 9.89. The number of hydrogen-bond acceptors (Lipinski definition) is 3. The Morgan fingerprint density at radius 2 is 1.14 bits per heavy atom. The van der Waals surface area contributed by atoms with Crippen LogP contribution in [0.5, 0.6) is 0 Å². The van der Waals surface area contributed by atoms with Gasteiger partial charge in [-0.2, -0.15) is 0 Å². The molecule has 3 nitrogen and oxygen atoms in total. The molecule has 0 radical (unpaired) electrons. The standard InChI is InChI=1S/C10H21N.C8H18N2.CH4/c1-9(2)10-6-4-3-5-7-11-8-10;1-7(2)8-5-9-3-4-10-6-8;/h9-11H,3-8H2,1-2H3;7-10H,3-6H2,1-2H3;1H4. The van der Waals surface area contributed by atoms with Gasteiger partial charge in [-0.3, -0.25) is 0 Å². The van der Waals surface area contributed by atoms with Crippen molar-refractivity contribution in [3.05, 3.63) is 0 Å². The van der Waals surface area contributed by atoms with Gasteiger partial charge >= 0.3 is 0 Å². The van der Waals surface area contributed by atoms with Crippen LogP contribution in [0, 0.1) is 23.7 Å². The van der Waals surface area contributed by atoms with Crippen LogP contribution in [-0.4, -0.2) is 39.3 Å². The molecule has 3 heteroatoms. The Labute approximate surface area is 140 Å². The van der Waals surface area contributed by atoms with E-state index in [1.807, 2.05) is 0 Å². The minimum Gasteiger partial charge on any atom is -0.316 e. The average Bonchev–Trinajstić information content (AvgIpc) is 2.67. The zero-order chi connectivity index (χ0) is 15.5. The van der Waals surface area contributed by atoms with Crippen molar-refractivity contribution in [3.8, 4) is 0 Å². The Morgan fingerprint density at radius 1 is 0.636 bits per heavy atom. The minimum absolute atomic E-state index is 0. The third-order valence-electron chi connectivity index (χ3n) is 5.01. The van der Waals surface area contributed by atoms with Crippen molar-refractivity contribution in [1.29, 1.82) is 0 Å². The molecular formula is C19H43N3. The van der Waals surface area contributed by atoms with Crippen LogP contribution in [0.15, 0.2) is 0 Å². The zero-order valence-corrected chi connectivity index (χ0v) is 14.9. The highest BCUT2D eigenvalue weighted by molar-refractivity contribution is 4.72. The Kier molecular flexibility index (Phi) is 13.3. The monoisotopic (exact) mass is 313 g/mol. The van der Waals surface area contributed by atoms with Gasteiger partial charge in [-0.25, -0.2) is 0 Å². The predicted octanol–water partition coefficient (Wildman–Crippen LogP) is 3.51. The normalized spacial score (nSPS) is 24.5. The van der Waals surface area contributed by atoms with Crippen molar-refractivity contribution in [2.24, 2.45) is 23.7 Å². The summed E-state index contributed by atoms with van der Waals surface area (Å²) in [5, 5.41) is 10.4. The van der Waals surface area contributed by atoms with E-state index in [-0.39, 0.29) is 7.43 Å². The molecule has 2 aliphatic heterocycles. The highest BCUT2D eigenvalue weighted by Crippen LogP contribution is 2.19. The van der Waals surface area contributed by atoms with Crippen molar-refractivity contribution in [3.63, 3.8) is 0 Å². The predicted molar refractivity (Wildman–Crippen MR) is 100 cm³/mol. The Bertz CT molecular complexity index is 225. The van der Waals surface area contributed by atoms with Crippen molar-refractivity contribution >= 4 is 0 Å². The van der Waals surface area contributed by atoms with Crippen molar-refractivity contribution in [2.75, 3.05) is 39.3 Å². The zero-order valence-electron chi connectivity index (χ0n) is 14.9. The molecule has 2 heterocycles. The summed E-state index contributed by atoms with van der Waals surface area (Å²) in [4.78, 5) is 0. The molecule has 0 aromatic heterocycles. The maximum absolute atomic E-state index is 3.52. The first-order valence-corrected chi connectivity index (χ1v) is 9.23. The number of hydrogen-bond donors (Lipinski definition) is 3. The summed E-state index contributed by atoms with van der Waals surface area (Å²) in [7, 11) is 0. The van der Waals surface area contributed by atoms with Gasteiger partial charge in [0.25, 0.3) is 0 Å². The molecule has 1 atom stereocenters. The van der Waals surface area contributed by atoms with Gasteiger partial charge in [0.1, 0.15) is 0 Å². The van der Waals surface area contributed by atoms with Crippen molar-refractivity contribution in [2.45, 2.75) is 60.8 Å². The van der Waals surface area contributed by atoms with Gasteiger partial charge in [0, 0.05) is 13.1 Å². The molecule has 134 valence electrons. The van der Waals surface area contributed by atoms with Gasteiger partial charge in [-0.05, 0) is 62.7 Å². The molecule has 2 aliphatic rings. The summed E-state index contributed by atoms with van der Waals surface area (Å²) in [5.74, 6) is 3.41. The molecule has 2 fully saturated rings. The van der Waals surface area contributed by atoms with Crippen LogP contribution in [0.1, 0.15) is 60.8 Å². The molecule has 2 saturated heterocycles. The van der Waals surface area contributed by atoms with Crippen LogP contribution in [0.3, 0.4) is 0 Å². The van der Waals surface area contributed by atoms with Crippen molar-refractivity contribution < 1.29 is 0 Å². The van der Waals surface area contributed by atoms with E-state index >= 15 is 0 Å². The highest BCUT2D eigenvalue weighted by Gasteiger charge is 2.14. The molecule has 22 heavy (non-hydrogen) atoms. The van der Waals surface area contributed by atoms with Gasteiger partial charge in [-0.15, -0.1) is 0 Å². The summed E-state index contributed by atoms with van der Waals surface area (Å²) in [6, 6.07) is 0. The molecule has 0 aliphatic carbocycles. The van der Waals surface area contributed by atoms with Crippen LogP contribution >= 0.6 is 0 Å². The topological polar surface area (TPSA) is 36.1 Å². The van der Waals surface area contributed by atoms with Gasteiger partial charge in [-0.1, -0.05) is 48.0 Å². The third-order valence-corrected chi connectivity index (χ3v) is 5.01. The van der Waals surface area contributed by atoms with Crippen LogP contribution in [-0.2, 0) is 0 Å². The Balaban J connectivity index is 0.000000385. The highest BCUT2D eigenvalue weighted by atomic mass is 15.0. The Hall–Kier alpha value is -0.120. The fraction of sp³-hybridized carbons (Fsp3) is 1.00. The first-order chi connectivity index (χ1) is 10.1.